The predicted molar refractivity (Wildman–Crippen MR) is 51.7 cm³/mol. The van der Waals surface area contributed by atoms with E-state index in [0.717, 1.165) is 0 Å². The summed E-state index contributed by atoms with van der Waals surface area (Å²) in [6, 6.07) is -0.591. The number of allylic oxidation sites excluding steroid dienone is 2. The van der Waals surface area contributed by atoms with Crippen LogP contribution in [0, 0.1) is 0 Å². The van der Waals surface area contributed by atoms with E-state index >= 15 is 0 Å². The van der Waals surface area contributed by atoms with E-state index < -0.39 is 17.8 Å². The molecule has 5 heteroatoms. The van der Waals surface area contributed by atoms with Crippen molar-refractivity contribution in [1.29, 1.82) is 0 Å². The van der Waals surface area contributed by atoms with Gasteiger partial charge in [-0.3, -0.25) is 9.79 Å². The normalized spacial score (nSPS) is 23.9. The van der Waals surface area contributed by atoms with Gasteiger partial charge in [0.05, 0.1) is 12.8 Å². The minimum absolute atomic E-state index is 0.344. The molecule has 0 saturated carbocycles. The number of carbonyl (C=O) groups excluding carboxylic acids is 2. The quantitative estimate of drug-likeness (QED) is 0.496. The molecule has 1 heterocycles. The van der Waals surface area contributed by atoms with Crippen molar-refractivity contribution in [3.8, 4) is 0 Å². The second kappa shape index (κ2) is 3.34. The predicted octanol–water partition coefficient (Wildman–Crippen LogP) is 0.324. The largest absolute Gasteiger partial charge is 0.504 e. The standard InChI is InChI=1S/C10H9NO4/c1-15-10(14)7-2-5-3-8(12)9(13)4-6(5)11-7/h3-4,7,13H,2H2,1H3. The van der Waals surface area contributed by atoms with Gasteiger partial charge < -0.3 is 9.84 Å². The number of ether oxygens (including phenoxy) is 1. The first-order valence-electron chi connectivity index (χ1n) is 4.43. The molecule has 0 radical (unpaired) electrons. The van der Waals surface area contributed by atoms with Gasteiger partial charge >= 0.3 is 5.97 Å². The Labute approximate surface area is 85.8 Å². The lowest BCUT2D eigenvalue weighted by Gasteiger charge is -2.05. The van der Waals surface area contributed by atoms with Gasteiger partial charge in [0.15, 0.2) is 11.8 Å². The molecule has 5 nitrogen and oxygen atoms in total. The molecule has 1 aliphatic heterocycles. The van der Waals surface area contributed by atoms with E-state index in [9.17, 15) is 14.7 Å². The van der Waals surface area contributed by atoms with Crippen molar-refractivity contribution >= 4 is 17.5 Å². The number of methoxy groups -OCH3 is 1. The zero-order chi connectivity index (χ0) is 11.0. The van der Waals surface area contributed by atoms with Gasteiger partial charge in [0.1, 0.15) is 0 Å². The monoisotopic (exact) mass is 207 g/mol. The number of hydrogen-bond donors (Lipinski definition) is 1. The number of nitrogens with zero attached hydrogens (tertiary/aromatic N) is 1. The van der Waals surface area contributed by atoms with E-state index in [2.05, 4.69) is 9.73 Å². The molecule has 0 aromatic rings. The molecule has 1 N–H and O–H groups in total. The first kappa shape index (κ1) is 9.64. The van der Waals surface area contributed by atoms with E-state index in [1.807, 2.05) is 0 Å². The van der Waals surface area contributed by atoms with Crippen molar-refractivity contribution in [1.82, 2.24) is 0 Å². The van der Waals surface area contributed by atoms with Crippen LogP contribution in [0.3, 0.4) is 0 Å². The third-order valence-electron chi connectivity index (χ3n) is 2.34. The van der Waals surface area contributed by atoms with Crippen LogP contribution in [0.15, 0.2) is 28.5 Å². The molecule has 2 rings (SSSR count). The molecule has 1 aliphatic carbocycles. The highest BCUT2D eigenvalue weighted by atomic mass is 16.5. The number of carbonyl (C=O) groups is 2. The Kier molecular flexibility index (Phi) is 2.15. The summed E-state index contributed by atoms with van der Waals surface area (Å²) in [4.78, 5) is 26.4. The van der Waals surface area contributed by atoms with Crippen LogP contribution in [0.4, 0.5) is 0 Å². The van der Waals surface area contributed by atoms with Crippen LogP contribution in [0.5, 0.6) is 0 Å². The molecule has 78 valence electrons. The van der Waals surface area contributed by atoms with Crippen LogP contribution in [-0.4, -0.2) is 35.7 Å². The Balaban J connectivity index is 2.29. The highest BCUT2D eigenvalue weighted by Gasteiger charge is 2.31. The molecule has 0 fully saturated rings. The van der Waals surface area contributed by atoms with Crippen LogP contribution in [0.1, 0.15) is 6.42 Å². The molecule has 0 spiro atoms. The van der Waals surface area contributed by atoms with Crippen molar-refractivity contribution in [2.24, 2.45) is 4.99 Å². The zero-order valence-corrected chi connectivity index (χ0v) is 8.06. The number of hydrogen-bond acceptors (Lipinski definition) is 5. The number of aliphatic hydroxyl groups is 1. The summed E-state index contributed by atoms with van der Waals surface area (Å²) in [6.07, 6.45) is 2.94. The summed E-state index contributed by atoms with van der Waals surface area (Å²) in [5.74, 6) is -1.23. The third kappa shape index (κ3) is 1.56. The number of esters is 1. The van der Waals surface area contributed by atoms with Crippen LogP contribution in [0.25, 0.3) is 0 Å². The fourth-order valence-electron chi connectivity index (χ4n) is 1.58. The van der Waals surface area contributed by atoms with Gasteiger partial charge in [-0.25, -0.2) is 4.79 Å². The van der Waals surface area contributed by atoms with E-state index in [4.69, 9.17) is 0 Å². The topological polar surface area (TPSA) is 76.0 Å². The van der Waals surface area contributed by atoms with E-state index in [0.29, 0.717) is 17.7 Å². The van der Waals surface area contributed by atoms with E-state index in [1.54, 1.807) is 0 Å². The molecule has 0 bridgehead atoms. The smallest absolute Gasteiger partial charge is 0.330 e. The molecule has 0 aromatic carbocycles. The van der Waals surface area contributed by atoms with E-state index in [-0.39, 0.29) is 5.76 Å². The summed E-state index contributed by atoms with van der Waals surface area (Å²) in [5, 5.41) is 9.18. The van der Waals surface area contributed by atoms with Crippen LogP contribution in [-0.2, 0) is 14.3 Å². The number of aliphatic hydroxyl groups excluding tert-OH is 1. The minimum Gasteiger partial charge on any atom is -0.504 e. The Morgan fingerprint density at radius 3 is 3.00 bits per heavy atom. The maximum Gasteiger partial charge on any atom is 0.330 e. The van der Waals surface area contributed by atoms with Crippen molar-refractivity contribution in [3.05, 3.63) is 23.5 Å². The Morgan fingerprint density at radius 2 is 2.33 bits per heavy atom. The van der Waals surface area contributed by atoms with Crippen molar-refractivity contribution in [2.45, 2.75) is 12.5 Å². The average molecular weight is 207 g/mol. The second-order valence-electron chi connectivity index (χ2n) is 3.32. The number of fused-ring (bicyclic) bond motifs is 1. The van der Waals surface area contributed by atoms with Crippen LogP contribution < -0.4 is 0 Å². The Hall–Kier alpha value is -1.91. The maximum atomic E-state index is 11.2. The zero-order valence-electron chi connectivity index (χ0n) is 8.06. The fraction of sp³-hybridized carbons (Fsp3) is 0.300. The van der Waals surface area contributed by atoms with Crippen molar-refractivity contribution in [3.63, 3.8) is 0 Å². The van der Waals surface area contributed by atoms with Crippen LogP contribution >= 0.6 is 0 Å². The summed E-state index contributed by atoms with van der Waals surface area (Å²) >= 11 is 0. The molecule has 0 amide bonds. The van der Waals surface area contributed by atoms with Gasteiger partial charge in [-0.2, -0.15) is 0 Å². The summed E-state index contributed by atoms with van der Waals surface area (Å²) in [5.41, 5.74) is 1.16. The van der Waals surface area contributed by atoms with Crippen molar-refractivity contribution in [2.75, 3.05) is 7.11 Å². The number of rotatable bonds is 1. The third-order valence-corrected chi connectivity index (χ3v) is 2.34. The SMILES string of the molecule is COC(=O)C1CC2=CC(=O)C(O)=CC2=N1. The van der Waals surface area contributed by atoms with Gasteiger partial charge in [0.25, 0.3) is 0 Å². The van der Waals surface area contributed by atoms with Gasteiger partial charge in [-0.05, 0) is 11.6 Å². The first-order chi connectivity index (χ1) is 7.11. The van der Waals surface area contributed by atoms with Gasteiger partial charge in [-0.15, -0.1) is 0 Å². The highest BCUT2D eigenvalue weighted by molar-refractivity contribution is 6.22. The molecule has 0 aromatic heterocycles. The highest BCUT2D eigenvalue weighted by Crippen LogP contribution is 2.25. The molecule has 15 heavy (non-hydrogen) atoms. The molecular weight excluding hydrogens is 198 g/mol. The Morgan fingerprint density at radius 1 is 1.60 bits per heavy atom. The number of ketones is 1. The minimum atomic E-state index is -0.591. The molecule has 0 saturated heterocycles. The average Bonchev–Trinajstić information content (AvgIpc) is 2.60. The Bertz CT molecular complexity index is 431. The fourth-order valence-corrected chi connectivity index (χ4v) is 1.58. The van der Waals surface area contributed by atoms with Gasteiger partial charge in [0.2, 0.25) is 5.78 Å². The van der Waals surface area contributed by atoms with Crippen molar-refractivity contribution < 1.29 is 19.4 Å². The molecular formula is C10H9NO4. The van der Waals surface area contributed by atoms with Gasteiger partial charge in [-0.1, -0.05) is 0 Å². The molecule has 1 atom stereocenters. The maximum absolute atomic E-state index is 11.2. The lowest BCUT2D eigenvalue weighted by atomic mass is 10.00. The van der Waals surface area contributed by atoms with E-state index in [1.165, 1.54) is 19.3 Å². The number of aliphatic imine (C=N–C) groups is 1. The summed E-state index contributed by atoms with van der Waals surface area (Å²) in [6.45, 7) is 0. The van der Waals surface area contributed by atoms with Gasteiger partial charge in [0, 0.05) is 12.5 Å². The summed E-state index contributed by atoms with van der Waals surface area (Å²) in [7, 11) is 1.29. The first-order valence-corrected chi connectivity index (χ1v) is 4.43. The molecule has 2 aliphatic rings. The second-order valence-corrected chi connectivity index (χ2v) is 3.32. The summed E-state index contributed by atoms with van der Waals surface area (Å²) < 4.78 is 4.55. The lowest BCUT2D eigenvalue weighted by molar-refractivity contribution is -0.141. The lowest BCUT2D eigenvalue weighted by Crippen LogP contribution is -2.17. The van der Waals surface area contributed by atoms with Crippen LogP contribution in [0.2, 0.25) is 0 Å². The molecule has 1 unspecified atom stereocenters.